The Morgan fingerprint density at radius 1 is 1.25 bits per heavy atom. The fraction of sp³-hybridized carbons (Fsp3) is 0.500. The van der Waals surface area contributed by atoms with Gasteiger partial charge in [0.05, 0.1) is 3.79 Å². The van der Waals surface area contributed by atoms with Crippen LogP contribution in [-0.2, 0) is 19.3 Å². The molecule has 108 valence electrons. The lowest BCUT2D eigenvalue weighted by Crippen LogP contribution is -2.21. The van der Waals surface area contributed by atoms with Crippen LogP contribution in [0.2, 0.25) is 0 Å². The Balaban J connectivity index is 1.80. The maximum absolute atomic E-state index is 3.67. The third kappa shape index (κ3) is 3.35. The van der Waals surface area contributed by atoms with Crippen LogP contribution >= 0.6 is 38.6 Å². The Labute approximate surface area is 137 Å². The fourth-order valence-corrected chi connectivity index (χ4v) is 5.73. The molecular formula is C16H20BrNS2. The molecule has 0 amide bonds. The lowest BCUT2D eigenvalue weighted by atomic mass is 9.98. The maximum Gasteiger partial charge on any atom is 0.0701 e. The smallest absolute Gasteiger partial charge is 0.0701 e. The van der Waals surface area contributed by atoms with Gasteiger partial charge >= 0.3 is 0 Å². The zero-order chi connectivity index (χ0) is 13.9. The molecule has 0 bridgehead atoms. The van der Waals surface area contributed by atoms with Crippen LogP contribution in [0.15, 0.2) is 22.0 Å². The molecule has 0 saturated heterocycles. The summed E-state index contributed by atoms with van der Waals surface area (Å²) in [6, 6.07) is 7.34. The SMILES string of the molecule is CCNC(Cc1ccc(Br)s1)c1cc2c(s1)CCCC2. The summed E-state index contributed by atoms with van der Waals surface area (Å²) in [6.07, 6.45) is 6.42. The monoisotopic (exact) mass is 369 g/mol. The van der Waals surface area contributed by atoms with Crippen molar-refractivity contribution in [3.8, 4) is 0 Å². The highest BCUT2D eigenvalue weighted by Crippen LogP contribution is 2.35. The second-order valence-corrected chi connectivity index (χ2v) is 9.04. The molecule has 0 aromatic carbocycles. The first kappa shape index (κ1) is 14.8. The van der Waals surface area contributed by atoms with Gasteiger partial charge in [0.1, 0.15) is 0 Å². The molecule has 2 heterocycles. The molecule has 0 saturated carbocycles. The summed E-state index contributed by atoms with van der Waals surface area (Å²) in [5.41, 5.74) is 1.62. The fourth-order valence-electron chi connectivity index (χ4n) is 2.87. The van der Waals surface area contributed by atoms with Gasteiger partial charge in [-0.25, -0.2) is 0 Å². The van der Waals surface area contributed by atoms with Gasteiger partial charge in [0.2, 0.25) is 0 Å². The number of hydrogen-bond donors (Lipinski definition) is 1. The summed E-state index contributed by atoms with van der Waals surface area (Å²) in [7, 11) is 0. The predicted octanol–water partition coefficient (Wildman–Crippen LogP) is 5.34. The molecule has 1 nitrogen and oxygen atoms in total. The lowest BCUT2D eigenvalue weighted by Gasteiger charge is -2.15. The normalized spacial score (nSPS) is 16.1. The van der Waals surface area contributed by atoms with Gasteiger partial charge in [-0.2, -0.15) is 0 Å². The molecule has 2 aromatic heterocycles. The molecule has 2 aromatic rings. The summed E-state index contributed by atoms with van der Waals surface area (Å²) in [5, 5.41) is 3.67. The van der Waals surface area contributed by atoms with Gasteiger partial charge in [0, 0.05) is 27.1 Å². The van der Waals surface area contributed by atoms with Crippen molar-refractivity contribution in [3.05, 3.63) is 42.2 Å². The topological polar surface area (TPSA) is 12.0 Å². The minimum atomic E-state index is 0.473. The average Bonchev–Trinajstić information content (AvgIpc) is 3.04. The molecule has 0 fully saturated rings. The first-order valence-electron chi connectivity index (χ1n) is 7.35. The third-order valence-corrected chi connectivity index (χ3v) is 6.84. The molecule has 1 aliphatic carbocycles. The van der Waals surface area contributed by atoms with Crippen molar-refractivity contribution in [1.82, 2.24) is 5.32 Å². The van der Waals surface area contributed by atoms with Crippen LogP contribution in [-0.4, -0.2) is 6.54 Å². The highest BCUT2D eigenvalue weighted by atomic mass is 79.9. The van der Waals surface area contributed by atoms with Crippen LogP contribution in [0.1, 0.15) is 46.0 Å². The number of aryl methyl sites for hydroxylation is 2. The quantitative estimate of drug-likeness (QED) is 0.749. The van der Waals surface area contributed by atoms with Crippen LogP contribution in [0.25, 0.3) is 0 Å². The van der Waals surface area contributed by atoms with Gasteiger partial charge in [0.15, 0.2) is 0 Å². The first-order valence-corrected chi connectivity index (χ1v) is 9.78. The van der Waals surface area contributed by atoms with Gasteiger partial charge < -0.3 is 5.32 Å². The summed E-state index contributed by atoms with van der Waals surface area (Å²) >= 11 is 7.46. The van der Waals surface area contributed by atoms with E-state index in [4.69, 9.17) is 0 Å². The van der Waals surface area contributed by atoms with Crippen LogP contribution < -0.4 is 5.32 Å². The van der Waals surface area contributed by atoms with E-state index in [9.17, 15) is 0 Å². The molecule has 1 atom stereocenters. The largest absolute Gasteiger partial charge is 0.309 e. The minimum Gasteiger partial charge on any atom is -0.309 e. The molecule has 1 aliphatic rings. The summed E-state index contributed by atoms with van der Waals surface area (Å²) in [6.45, 7) is 3.23. The number of hydrogen-bond acceptors (Lipinski definition) is 3. The van der Waals surface area contributed by atoms with Crippen molar-refractivity contribution in [1.29, 1.82) is 0 Å². The van der Waals surface area contributed by atoms with E-state index in [2.05, 4.69) is 46.4 Å². The molecule has 0 aliphatic heterocycles. The number of likely N-dealkylation sites (N-methyl/N-ethyl adjacent to an activating group) is 1. The molecule has 1 unspecified atom stereocenters. The van der Waals surface area contributed by atoms with Crippen molar-refractivity contribution in [2.24, 2.45) is 0 Å². The van der Waals surface area contributed by atoms with Crippen molar-refractivity contribution in [2.45, 2.75) is 45.1 Å². The van der Waals surface area contributed by atoms with E-state index in [1.807, 2.05) is 22.7 Å². The molecule has 4 heteroatoms. The Kier molecular flexibility index (Phi) is 4.97. The van der Waals surface area contributed by atoms with Crippen molar-refractivity contribution in [2.75, 3.05) is 6.54 Å². The van der Waals surface area contributed by atoms with Crippen LogP contribution in [0.5, 0.6) is 0 Å². The molecular weight excluding hydrogens is 350 g/mol. The van der Waals surface area contributed by atoms with E-state index in [1.165, 1.54) is 39.2 Å². The maximum atomic E-state index is 3.67. The second-order valence-electron chi connectivity index (χ2n) is 5.32. The second kappa shape index (κ2) is 6.73. The Bertz CT molecular complexity index is 549. The van der Waals surface area contributed by atoms with Gasteiger partial charge in [-0.15, -0.1) is 22.7 Å². The number of halogens is 1. The van der Waals surface area contributed by atoms with Crippen molar-refractivity contribution in [3.63, 3.8) is 0 Å². The van der Waals surface area contributed by atoms with Crippen LogP contribution in [0.3, 0.4) is 0 Å². The standard InChI is InChI=1S/C16H20BrNS2/c1-2-18-13(10-12-7-8-16(17)19-12)15-9-11-5-3-4-6-14(11)20-15/h7-9,13,18H,2-6,10H2,1H3. The van der Waals surface area contributed by atoms with E-state index < -0.39 is 0 Å². The Morgan fingerprint density at radius 2 is 2.10 bits per heavy atom. The Morgan fingerprint density at radius 3 is 2.80 bits per heavy atom. The number of rotatable bonds is 5. The number of fused-ring (bicyclic) bond motifs is 1. The van der Waals surface area contributed by atoms with Gasteiger partial charge in [-0.3, -0.25) is 0 Å². The van der Waals surface area contributed by atoms with E-state index in [0.717, 1.165) is 13.0 Å². The zero-order valence-corrected chi connectivity index (χ0v) is 15.0. The molecule has 1 N–H and O–H groups in total. The van der Waals surface area contributed by atoms with Crippen molar-refractivity contribution >= 4 is 38.6 Å². The predicted molar refractivity (Wildman–Crippen MR) is 93.1 cm³/mol. The Hall–Kier alpha value is -0.160. The third-order valence-electron chi connectivity index (χ3n) is 3.84. The molecule has 0 spiro atoms. The highest BCUT2D eigenvalue weighted by molar-refractivity contribution is 9.11. The number of thiophene rings is 2. The number of nitrogens with one attached hydrogen (secondary N) is 1. The summed E-state index contributed by atoms with van der Waals surface area (Å²) in [5.74, 6) is 0. The summed E-state index contributed by atoms with van der Waals surface area (Å²) in [4.78, 5) is 4.62. The minimum absolute atomic E-state index is 0.473. The summed E-state index contributed by atoms with van der Waals surface area (Å²) < 4.78 is 1.23. The van der Waals surface area contributed by atoms with Gasteiger partial charge in [0.25, 0.3) is 0 Å². The van der Waals surface area contributed by atoms with Gasteiger partial charge in [-0.05, 0) is 71.9 Å². The molecule has 20 heavy (non-hydrogen) atoms. The van der Waals surface area contributed by atoms with E-state index >= 15 is 0 Å². The van der Waals surface area contributed by atoms with Crippen molar-refractivity contribution < 1.29 is 0 Å². The lowest BCUT2D eigenvalue weighted by molar-refractivity contribution is 0.561. The van der Waals surface area contributed by atoms with Crippen LogP contribution in [0.4, 0.5) is 0 Å². The van der Waals surface area contributed by atoms with E-state index in [0.29, 0.717) is 6.04 Å². The molecule has 0 radical (unpaired) electrons. The average molecular weight is 370 g/mol. The zero-order valence-electron chi connectivity index (χ0n) is 11.7. The van der Waals surface area contributed by atoms with Gasteiger partial charge in [-0.1, -0.05) is 6.92 Å². The first-order chi connectivity index (χ1) is 9.76. The van der Waals surface area contributed by atoms with Crippen LogP contribution in [0, 0.1) is 0 Å². The van der Waals surface area contributed by atoms with E-state index in [1.54, 1.807) is 10.4 Å². The highest BCUT2D eigenvalue weighted by Gasteiger charge is 2.19. The van der Waals surface area contributed by atoms with E-state index in [-0.39, 0.29) is 0 Å². The molecule has 3 rings (SSSR count).